The molecule has 2 aliphatic rings. The van der Waals surface area contributed by atoms with Crippen LogP contribution in [0.1, 0.15) is 60.7 Å². The lowest BCUT2D eigenvalue weighted by Crippen LogP contribution is -2.21. The van der Waals surface area contributed by atoms with Gasteiger partial charge in [-0.3, -0.25) is 5.41 Å². The molecular weight excluding hydrogens is 400 g/mol. The highest BCUT2D eigenvalue weighted by Crippen LogP contribution is 2.29. The summed E-state index contributed by atoms with van der Waals surface area (Å²) in [5.41, 5.74) is 5.18. The lowest BCUT2D eigenvalue weighted by molar-refractivity contribution is 0.293. The summed E-state index contributed by atoms with van der Waals surface area (Å²) in [7, 11) is 0. The monoisotopic (exact) mass is 432 g/mol. The van der Waals surface area contributed by atoms with Gasteiger partial charge in [-0.05, 0) is 49.9 Å². The summed E-state index contributed by atoms with van der Waals surface area (Å²) in [6.07, 6.45) is 6.33. The highest BCUT2D eigenvalue weighted by Gasteiger charge is 2.24. The summed E-state index contributed by atoms with van der Waals surface area (Å²) in [6.45, 7) is 6.69. The molecular formula is C25H32N6O. The maximum absolute atomic E-state index is 9.67. The Bertz CT molecular complexity index is 1010. The molecule has 0 atom stereocenters. The third-order valence-corrected chi connectivity index (χ3v) is 6.19. The molecule has 1 saturated heterocycles. The van der Waals surface area contributed by atoms with Crippen LogP contribution in [0.4, 0.5) is 5.69 Å². The fourth-order valence-corrected chi connectivity index (χ4v) is 4.31. The van der Waals surface area contributed by atoms with Crippen LogP contribution in [0.15, 0.2) is 29.3 Å². The number of aromatic nitrogens is 1. The number of likely N-dealkylation sites (tertiary alicyclic amines) is 1. The van der Waals surface area contributed by atoms with Crippen molar-refractivity contribution < 1.29 is 4.74 Å². The van der Waals surface area contributed by atoms with E-state index >= 15 is 0 Å². The largest absolute Gasteiger partial charge is 0.479 e. The number of anilines is 1. The van der Waals surface area contributed by atoms with Crippen molar-refractivity contribution in [2.24, 2.45) is 4.99 Å². The van der Waals surface area contributed by atoms with E-state index in [-0.39, 0.29) is 5.84 Å². The standard InChI is InChI=1S/C25H32N6O/c1-2-3-14-32-22-17-28-23-20(21(16-26)29-24(23)25(27)30-22)15-19-8-6-18(7-9-19)10-13-31-11-4-5-12-31/h6-9,27-29H,2-5,10-15,17H2,1H3. The summed E-state index contributed by atoms with van der Waals surface area (Å²) in [5.74, 6) is 0.608. The Morgan fingerprint density at radius 2 is 1.94 bits per heavy atom. The second kappa shape index (κ2) is 10.5. The number of hydrogen-bond donors (Lipinski definition) is 3. The molecule has 3 N–H and O–H groups in total. The second-order valence-corrected chi connectivity index (χ2v) is 8.54. The van der Waals surface area contributed by atoms with Crippen LogP contribution in [0.2, 0.25) is 0 Å². The molecule has 2 aromatic rings. The minimum Gasteiger partial charge on any atom is -0.479 e. The maximum atomic E-state index is 9.67. The van der Waals surface area contributed by atoms with Gasteiger partial charge in [0.25, 0.3) is 0 Å². The quantitative estimate of drug-likeness (QED) is 0.547. The molecule has 0 saturated carbocycles. The van der Waals surface area contributed by atoms with E-state index in [1.165, 1.54) is 31.5 Å². The zero-order chi connectivity index (χ0) is 22.3. The number of nitriles is 1. The minimum atomic E-state index is 0.0940. The Morgan fingerprint density at radius 3 is 2.66 bits per heavy atom. The van der Waals surface area contributed by atoms with Gasteiger partial charge in [0.15, 0.2) is 5.84 Å². The lowest BCUT2D eigenvalue weighted by atomic mass is 10.0. The first-order valence-corrected chi connectivity index (χ1v) is 11.7. The van der Waals surface area contributed by atoms with Crippen molar-refractivity contribution in [2.75, 3.05) is 38.1 Å². The van der Waals surface area contributed by atoms with Gasteiger partial charge >= 0.3 is 0 Å². The molecule has 0 unspecified atom stereocenters. The molecule has 0 spiro atoms. The van der Waals surface area contributed by atoms with Crippen LogP contribution in [0.3, 0.4) is 0 Å². The molecule has 1 fully saturated rings. The number of H-pyrrole nitrogens is 1. The van der Waals surface area contributed by atoms with E-state index in [1.807, 2.05) is 0 Å². The van der Waals surface area contributed by atoms with Crippen molar-refractivity contribution in [3.63, 3.8) is 0 Å². The third kappa shape index (κ3) is 5.20. The molecule has 0 bridgehead atoms. The molecule has 7 heteroatoms. The second-order valence-electron chi connectivity index (χ2n) is 8.54. The molecule has 4 rings (SSSR count). The minimum absolute atomic E-state index is 0.0940. The van der Waals surface area contributed by atoms with Gasteiger partial charge in [0.1, 0.15) is 17.5 Å². The van der Waals surface area contributed by atoms with E-state index < -0.39 is 0 Å². The number of nitrogens with zero attached hydrogens (tertiary/aromatic N) is 3. The molecule has 0 radical (unpaired) electrons. The third-order valence-electron chi connectivity index (χ3n) is 6.19. The first kappa shape index (κ1) is 22.1. The molecule has 1 aromatic carbocycles. The molecule has 1 aromatic heterocycles. The number of benzene rings is 1. The summed E-state index contributed by atoms with van der Waals surface area (Å²) in [6, 6.07) is 10.9. The summed E-state index contributed by atoms with van der Waals surface area (Å²) in [4.78, 5) is 9.95. The predicted molar refractivity (Wildman–Crippen MR) is 128 cm³/mol. The van der Waals surface area contributed by atoms with Crippen molar-refractivity contribution in [2.45, 2.75) is 45.4 Å². The first-order chi connectivity index (χ1) is 15.7. The number of rotatable bonds is 8. The summed E-state index contributed by atoms with van der Waals surface area (Å²) >= 11 is 0. The molecule has 0 amide bonds. The smallest absolute Gasteiger partial charge is 0.209 e. The van der Waals surface area contributed by atoms with Gasteiger partial charge in [-0.25, -0.2) is 0 Å². The van der Waals surface area contributed by atoms with Gasteiger partial charge in [-0.1, -0.05) is 37.6 Å². The molecule has 0 aliphatic carbocycles. The average molecular weight is 433 g/mol. The van der Waals surface area contributed by atoms with E-state index in [0.717, 1.165) is 42.6 Å². The topological polar surface area (TPSA) is 100 Å². The molecule has 168 valence electrons. The van der Waals surface area contributed by atoms with Crippen molar-refractivity contribution in [3.05, 3.63) is 52.3 Å². The Morgan fingerprint density at radius 1 is 1.19 bits per heavy atom. The summed E-state index contributed by atoms with van der Waals surface area (Å²) in [5, 5.41) is 21.4. The number of aromatic amines is 1. The number of aliphatic imine (C=N–C) groups is 1. The molecule has 2 aliphatic heterocycles. The molecule has 32 heavy (non-hydrogen) atoms. The van der Waals surface area contributed by atoms with Gasteiger partial charge in [0.05, 0.1) is 18.8 Å². The Balaban J connectivity index is 1.45. The number of ether oxygens (including phenoxy) is 1. The van der Waals surface area contributed by atoms with Gasteiger partial charge in [-0.15, -0.1) is 0 Å². The maximum Gasteiger partial charge on any atom is 0.209 e. The highest BCUT2D eigenvalue weighted by molar-refractivity contribution is 6.09. The van der Waals surface area contributed by atoms with Crippen molar-refractivity contribution in [1.82, 2.24) is 9.88 Å². The van der Waals surface area contributed by atoms with Crippen LogP contribution in [-0.2, 0) is 17.6 Å². The molecule has 3 heterocycles. The van der Waals surface area contributed by atoms with Gasteiger partial charge in [-0.2, -0.15) is 10.3 Å². The number of unbranched alkanes of at least 4 members (excludes halogenated alkanes) is 1. The van der Waals surface area contributed by atoms with E-state index in [4.69, 9.17) is 10.1 Å². The van der Waals surface area contributed by atoms with Crippen molar-refractivity contribution >= 4 is 17.4 Å². The fraction of sp³-hybridized carbons (Fsp3) is 0.480. The van der Waals surface area contributed by atoms with E-state index in [1.54, 1.807) is 0 Å². The Hall–Kier alpha value is -3.11. The Labute approximate surface area is 190 Å². The normalized spacial score (nSPS) is 16.1. The number of nitrogens with one attached hydrogen (secondary N) is 3. The lowest BCUT2D eigenvalue weighted by Gasteiger charge is -2.14. The Kier molecular flexibility index (Phi) is 7.23. The average Bonchev–Trinajstić information content (AvgIpc) is 3.41. The van der Waals surface area contributed by atoms with E-state index in [9.17, 15) is 5.26 Å². The zero-order valence-corrected chi connectivity index (χ0v) is 18.8. The first-order valence-electron chi connectivity index (χ1n) is 11.7. The SMILES string of the molecule is CCCCOC1=NC(=N)c2[nH]c(C#N)c(Cc3ccc(CCN4CCCC4)cc3)c2NC1. The highest BCUT2D eigenvalue weighted by atomic mass is 16.5. The van der Waals surface area contributed by atoms with Gasteiger partial charge in [0.2, 0.25) is 5.90 Å². The predicted octanol–water partition coefficient (Wildman–Crippen LogP) is 4.08. The zero-order valence-electron chi connectivity index (χ0n) is 18.8. The van der Waals surface area contributed by atoms with Crippen LogP contribution in [0.5, 0.6) is 0 Å². The molecule has 7 nitrogen and oxygen atoms in total. The van der Waals surface area contributed by atoms with Crippen molar-refractivity contribution in [3.8, 4) is 6.07 Å². The fourth-order valence-electron chi connectivity index (χ4n) is 4.31. The van der Waals surface area contributed by atoms with Crippen LogP contribution < -0.4 is 5.32 Å². The van der Waals surface area contributed by atoms with Crippen LogP contribution in [-0.4, -0.2) is 54.4 Å². The van der Waals surface area contributed by atoms with E-state index in [2.05, 4.69) is 57.5 Å². The summed E-state index contributed by atoms with van der Waals surface area (Å²) < 4.78 is 5.73. The van der Waals surface area contributed by atoms with Crippen molar-refractivity contribution in [1.29, 1.82) is 10.7 Å². The van der Waals surface area contributed by atoms with E-state index in [0.29, 0.717) is 36.9 Å². The van der Waals surface area contributed by atoms with Gasteiger partial charge < -0.3 is 19.9 Å². The van der Waals surface area contributed by atoms with Crippen LogP contribution in [0.25, 0.3) is 0 Å². The number of fused-ring (bicyclic) bond motifs is 1. The van der Waals surface area contributed by atoms with Crippen LogP contribution in [0, 0.1) is 16.7 Å². The number of amidine groups is 1. The number of hydrogen-bond acceptors (Lipinski definition) is 5. The van der Waals surface area contributed by atoms with Crippen LogP contribution >= 0.6 is 0 Å². The van der Waals surface area contributed by atoms with Gasteiger partial charge in [0, 0.05) is 18.5 Å².